The van der Waals surface area contributed by atoms with Gasteiger partial charge in [-0.05, 0) is 11.0 Å². The maximum atomic E-state index is 11.7. The molecule has 0 saturated heterocycles. The summed E-state index contributed by atoms with van der Waals surface area (Å²) < 4.78 is 0. The molecule has 1 rings (SSSR count). The molecule has 1 amide bonds. The van der Waals surface area contributed by atoms with Gasteiger partial charge in [-0.2, -0.15) is 0 Å². The maximum absolute atomic E-state index is 11.7. The number of rotatable bonds is 6. The van der Waals surface area contributed by atoms with Crippen molar-refractivity contribution in [2.75, 3.05) is 0 Å². The van der Waals surface area contributed by atoms with Gasteiger partial charge in [0.2, 0.25) is 5.91 Å². The number of benzene rings is 1. The number of hydrogen-bond acceptors (Lipinski definition) is 2. The van der Waals surface area contributed by atoms with Crippen LogP contribution in [0, 0.1) is 5.41 Å². The van der Waals surface area contributed by atoms with E-state index in [9.17, 15) is 9.59 Å². The first-order valence-electron chi connectivity index (χ1n) is 5.91. The van der Waals surface area contributed by atoms with E-state index in [2.05, 4.69) is 5.32 Å². The number of aliphatic carboxylic acids is 1. The van der Waals surface area contributed by atoms with Crippen LogP contribution in [0.15, 0.2) is 30.3 Å². The molecule has 0 fully saturated rings. The normalized spacial score (nSPS) is 11.0. The van der Waals surface area contributed by atoms with Gasteiger partial charge in [-0.25, -0.2) is 0 Å². The third-order valence-electron chi connectivity index (χ3n) is 2.60. The molecule has 1 aromatic rings. The van der Waals surface area contributed by atoms with Crippen LogP contribution in [0.4, 0.5) is 0 Å². The van der Waals surface area contributed by atoms with Crippen molar-refractivity contribution in [1.29, 1.82) is 0 Å². The molecule has 0 aliphatic heterocycles. The van der Waals surface area contributed by atoms with Crippen molar-refractivity contribution >= 4 is 11.9 Å². The van der Waals surface area contributed by atoms with Crippen LogP contribution in [-0.2, 0) is 16.1 Å². The number of carboxylic acid groups (broad SMARTS) is 1. The first-order chi connectivity index (χ1) is 8.39. The topological polar surface area (TPSA) is 66.4 Å². The maximum Gasteiger partial charge on any atom is 0.303 e. The fourth-order valence-corrected chi connectivity index (χ4v) is 1.77. The lowest BCUT2D eigenvalue weighted by Crippen LogP contribution is -2.29. The Labute approximate surface area is 107 Å². The van der Waals surface area contributed by atoms with Crippen LogP contribution in [0.2, 0.25) is 0 Å². The Morgan fingerprint density at radius 2 is 1.78 bits per heavy atom. The Kier molecular flexibility index (Phi) is 4.89. The predicted molar refractivity (Wildman–Crippen MR) is 68.9 cm³/mol. The van der Waals surface area contributed by atoms with Crippen molar-refractivity contribution < 1.29 is 14.7 Å². The average molecular weight is 249 g/mol. The summed E-state index contributed by atoms with van der Waals surface area (Å²) in [4.78, 5) is 22.4. The third kappa shape index (κ3) is 5.48. The Morgan fingerprint density at radius 1 is 1.17 bits per heavy atom. The fourth-order valence-electron chi connectivity index (χ4n) is 1.77. The first-order valence-corrected chi connectivity index (χ1v) is 5.91. The van der Waals surface area contributed by atoms with E-state index in [0.29, 0.717) is 6.54 Å². The number of carbonyl (C=O) groups excluding carboxylic acids is 1. The minimum absolute atomic E-state index is 0.00818. The van der Waals surface area contributed by atoms with Crippen LogP contribution in [0.1, 0.15) is 32.3 Å². The van der Waals surface area contributed by atoms with E-state index in [1.807, 2.05) is 30.3 Å². The summed E-state index contributed by atoms with van der Waals surface area (Å²) >= 11 is 0. The van der Waals surface area contributed by atoms with Gasteiger partial charge in [0, 0.05) is 13.0 Å². The van der Waals surface area contributed by atoms with Crippen LogP contribution in [-0.4, -0.2) is 17.0 Å². The number of amides is 1. The summed E-state index contributed by atoms with van der Waals surface area (Å²) in [5.41, 5.74) is 0.508. The molecule has 0 bridgehead atoms. The van der Waals surface area contributed by atoms with Crippen molar-refractivity contribution in [2.45, 2.75) is 33.2 Å². The van der Waals surface area contributed by atoms with Gasteiger partial charge in [0.25, 0.3) is 0 Å². The molecule has 4 heteroatoms. The van der Waals surface area contributed by atoms with Gasteiger partial charge in [0.05, 0.1) is 6.42 Å². The Balaban J connectivity index is 2.40. The van der Waals surface area contributed by atoms with Crippen molar-refractivity contribution in [1.82, 2.24) is 5.32 Å². The SMILES string of the molecule is CC(C)(CC(=O)O)CC(=O)NCc1ccccc1. The van der Waals surface area contributed by atoms with E-state index in [4.69, 9.17) is 5.11 Å². The van der Waals surface area contributed by atoms with Crippen molar-refractivity contribution in [2.24, 2.45) is 5.41 Å². The van der Waals surface area contributed by atoms with Gasteiger partial charge >= 0.3 is 5.97 Å². The molecule has 0 atom stereocenters. The van der Waals surface area contributed by atoms with Crippen LogP contribution in [0.3, 0.4) is 0 Å². The van der Waals surface area contributed by atoms with Crippen molar-refractivity contribution in [3.63, 3.8) is 0 Å². The number of carbonyl (C=O) groups is 2. The smallest absolute Gasteiger partial charge is 0.303 e. The van der Waals surface area contributed by atoms with Crippen LogP contribution in [0.25, 0.3) is 0 Å². The molecule has 0 unspecified atom stereocenters. The molecule has 0 radical (unpaired) electrons. The predicted octanol–water partition coefficient (Wildman–Crippen LogP) is 2.19. The molecule has 0 aliphatic rings. The van der Waals surface area contributed by atoms with Gasteiger partial charge in [-0.1, -0.05) is 44.2 Å². The largest absolute Gasteiger partial charge is 0.481 e. The summed E-state index contributed by atoms with van der Waals surface area (Å²) in [5.74, 6) is -0.999. The zero-order valence-electron chi connectivity index (χ0n) is 10.8. The summed E-state index contributed by atoms with van der Waals surface area (Å²) in [6.45, 7) is 4.04. The molecule has 0 heterocycles. The second-order valence-electron chi connectivity index (χ2n) is 5.17. The Morgan fingerprint density at radius 3 is 2.33 bits per heavy atom. The van der Waals surface area contributed by atoms with Gasteiger partial charge in [0.1, 0.15) is 0 Å². The highest BCUT2D eigenvalue weighted by molar-refractivity contribution is 5.77. The zero-order chi connectivity index (χ0) is 13.6. The molecule has 18 heavy (non-hydrogen) atoms. The van der Waals surface area contributed by atoms with Crippen LogP contribution < -0.4 is 5.32 Å². The minimum Gasteiger partial charge on any atom is -0.481 e. The standard InChI is InChI=1S/C14H19NO3/c1-14(2,9-13(17)18)8-12(16)15-10-11-6-4-3-5-7-11/h3-7H,8-10H2,1-2H3,(H,15,16)(H,17,18). The van der Waals surface area contributed by atoms with Gasteiger partial charge in [-0.15, -0.1) is 0 Å². The van der Waals surface area contributed by atoms with Crippen molar-refractivity contribution in [3.8, 4) is 0 Å². The summed E-state index contributed by atoms with van der Waals surface area (Å²) in [6.07, 6.45) is 0.206. The van der Waals surface area contributed by atoms with Gasteiger partial charge in [0.15, 0.2) is 0 Å². The Bertz CT molecular complexity index is 412. The second kappa shape index (κ2) is 6.19. The summed E-state index contributed by atoms with van der Waals surface area (Å²) in [7, 11) is 0. The molecule has 0 aromatic heterocycles. The highest BCUT2D eigenvalue weighted by Crippen LogP contribution is 2.24. The molecule has 0 saturated carbocycles. The molecule has 1 aromatic carbocycles. The Hall–Kier alpha value is -1.84. The summed E-state index contributed by atoms with van der Waals surface area (Å²) in [6, 6.07) is 9.61. The van der Waals surface area contributed by atoms with Gasteiger partial charge in [-0.3, -0.25) is 9.59 Å². The molecule has 0 aliphatic carbocycles. The highest BCUT2D eigenvalue weighted by Gasteiger charge is 2.24. The van der Waals surface area contributed by atoms with E-state index in [-0.39, 0.29) is 18.7 Å². The van der Waals surface area contributed by atoms with E-state index in [0.717, 1.165) is 5.56 Å². The fraction of sp³-hybridized carbons (Fsp3) is 0.429. The first kappa shape index (κ1) is 14.2. The molecule has 0 spiro atoms. The molecule has 4 nitrogen and oxygen atoms in total. The van der Waals surface area contributed by atoms with Crippen LogP contribution >= 0.6 is 0 Å². The van der Waals surface area contributed by atoms with E-state index in [1.165, 1.54) is 0 Å². The molecule has 98 valence electrons. The zero-order valence-corrected chi connectivity index (χ0v) is 10.8. The number of carboxylic acids is 1. The lowest BCUT2D eigenvalue weighted by atomic mass is 9.85. The molecule has 2 N–H and O–H groups in total. The van der Waals surface area contributed by atoms with E-state index in [1.54, 1.807) is 13.8 Å². The van der Waals surface area contributed by atoms with Crippen molar-refractivity contribution in [3.05, 3.63) is 35.9 Å². The molecular formula is C14H19NO3. The number of hydrogen-bond donors (Lipinski definition) is 2. The van der Waals surface area contributed by atoms with E-state index < -0.39 is 11.4 Å². The number of nitrogens with one attached hydrogen (secondary N) is 1. The monoisotopic (exact) mass is 249 g/mol. The summed E-state index contributed by atoms with van der Waals surface area (Å²) in [5, 5.41) is 11.5. The highest BCUT2D eigenvalue weighted by atomic mass is 16.4. The third-order valence-corrected chi connectivity index (χ3v) is 2.60. The minimum atomic E-state index is -0.879. The quantitative estimate of drug-likeness (QED) is 0.812. The lowest BCUT2D eigenvalue weighted by Gasteiger charge is -2.21. The molecular weight excluding hydrogens is 230 g/mol. The van der Waals surface area contributed by atoms with E-state index >= 15 is 0 Å². The average Bonchev–Trinajstić information content (AvgIpc) is 2.25. The second-order valence-corrected chi connectivity index (χ2v) is 5.17. The van der Waals surface area contributed by atoms with Crippen LogP contribution in [0.5, 0.6) is 0 Å². The lowest BCUT2D eigenvalue weighted by molar-refractivity contribution is -0.139. The van der Waals surface area contributed by atoms with Gasteiger partial charge < -0.3 is 10.4 Å².